The molecule has 1 saturated carbocycles. The number of carbonyl (C=O) groups excluding carboxylic acids is 1. The second kappa shape index (κ2) is 8.93. The van der Waals surface area contributed by atoms with Crippen LogP contribution in [0.25, 0.3) is 22.3 Å². The summed E-state index contributed by atoms with van der Waals surface area (Å²) in [5, 5.41) is 7.89. The highest BCUT2D eigenvalue weighted by Crippen LogP contribution is 2.30. The molecule has 5 rings (SSSR count). The first-order valence-corrected chi connectivity index (χ1v) is 11.1. The topological polar surface area (TPSA) is 79.8 Å². The number of carbonyl (C=O) groups is 1. The van der Waals surface area contributed by atoms with Gasteiger partial charge in [-0.2, -0.15) is 0 Å². The Balaban J connectivity index is 1.55. The van der Waals surface area contributed by atoms with Crippen molar-refractivity contribution in [2.24, 2.45) is 0 Å². The standard InChI is InChI=1S/C25H22ClN5O/c26-17-11-12-22-20(14-17)24(31-23(29-22)16-6-5-13-27-15-16)30-21-10-4-3-9-19(21)25(32)28-18-7-1-2-8-18/h3-6,9-15,18H,1-2,7-8H2,(H,28,32)(H,29,30,31). The lowest BCUT2D eigenvalue weighted by Crippen LogP contribution is -2.32. The van der Waals surface area contributed by atoms with E-state index in [4.69, 9.17) is 16.6 Å². The van der Waals surface area contributed by atoms with E-state index in [1.807, 2.05) is 48.5 Å². The summed E-state index contributed by atoms with van der Waals surface area (Å²) in [5.41, 5.74) is 2.81. The minimum Gasteiger partial charge on any atom is -0.349 e. The van der Waals surface area contributed by atoms with Crippen LogP contribution >= 0.6 is 11.6 Å². The van der Waals surface area contributed by atoms with E-state index in [2.05, 4.69) is 20.6 Å². The van der Waals surface area contributed by atoms with Crippen molar-refractivity contribution >= 4 is 39.9 Å². The van der Waals surface area contributed by atoms with Crippen LogP contribution in [-0.2, 0) is 0 Å². The first-order chi connectivity index (χ1) is 15.7. The summed E-state index contributed by atoms with van der Waals surface area (Å²) in [5.74, 6) is 1.05. The Morgan fingerprint density at radius 1 is 1.00 bits per heavy atom. The summed E-state index contributed by atoms with van der Waals surface area (Å²) in [6.45, 7) is 0. The number of anilines is 2. The van der Waals surface area contributed by atoms with Crippen LogP contribution in [-0.4, -0.2) is 26.9 Å². The molecule has 160 valence electrons. The molecule has 0 radical (unpaired) electrons. The molecule has 2 heterocycles. The second-order valence-corrected chi connectivity index (χ2v) is 8.36. The number of aromatic nitrogens is 3. The number of rotatable bonds is 5. The van der Waals surface area contributed by atoms with Gasteiger partial charge in [0.2, 0.25) is 0 Å². The highest BCUT2D eigenvalue weighted by Gasteiger charge is 2.20. The maximum atomic E-state index is 13.0. The number of nitrogens with one attached hydrogen (secondary N) is 2. The van der Waals surface area contributed by atoms with Gasteiger partial charge in [-0.25, -0.2) is 9.97 Å². The Morgan fingerprint density at radius 2 is 1.84 bits per heavy atom. The minimum absolute atomic E-state index is 0.0797. The average Bonchev–Trinajstić information content (AvgIpc) is 3.33. The summed E-state index contributed by atoms with van der Waals surface area (Å²) in [4.78, 5) is 26.6. The summed E-state index contributed by atoms with van der Waals surface area (Å²) in [7, 11) is 0. The predicted octanol–water partition coefficient (Wildman–Crippen LogP) is 5.76. The Labute approximate surface area is 191 Å². The van der Waals surface area contributed by atoms with Crippen LogP contribution in [0.5, 0.6) is 0 Å². The maximum Gasteiger partial charge on any atom is 0.253 e. The van der Waals surface area contributed by atoms with Gasteiger partial charge in [0.25, 0.3) is 5.91 Å². The number of fused-ring (bicyclic) bond motifs is 1. The fraction of sp³-hybridized carbons (Fsp3) is 0.200. The van der Waals surface area contributed by atoms with Gasteiger partial charge in [-0.3, -0.25) is 9.78 Å². The number of para-hydroxylation sites is 1. The average molecular weight is 444 g/mol. The number of nitrogens with zero attached hydrogens (tertiary/aromatic N) is 3. The Hall–Kier alpha value is -3.51. The number of benzene rings is 2. The molecular weight excluding hydrogens is 422 g/mol. The fourth-order valence-corrected chi connectivity index (χ4v) is 4.24. The molecule has 2 aromatic heterocycles. The van der Waals surface area contributed by atoms with E-state index in [1.54, 1.807) is 18.5 Å². The Bertz CT molecular complexity index is 1270. The maximum absolute atomic E-state index is 13.0. The third-order valence-electron chi connectivity index (χ3n) is 5.69. The number of pyridine rings is 1. The van der Waals surface area contributed by atoms with Crippen molar-refractivity contribution in [2.75, 3.05) is 5.32 Å². The Morgan fingerprint density at radius 3 is 2.66 bits per heavy atom. The quantitative estimate of drug-likeness (QED) is 0.409. The smallest absolute Gasteiger partial charge is 0.253 e. The van der Waals surface area contributed by atoms with Crippen molar-refractivity contribution in [3.63, 3.8) is 0 Å². The van der Waals surface area contributed by atoms with Gasteiger partial charge in [0.15, 0.2) is 5.82 Å². The molecule has 2 aromatic carbocycles. The van der Waals surface area contributed by atoms with Gasteiger partial charge in [0, 0.05) is 34.4 Å². The van der Waals surface area contributed by atoms with E-state index in [9.17, 15) is 4.79 Å². The lowest BCUT2D eigenvalue weighted by Gasteiger charge is -2.16. The molecule has 7 heteroatoms. The van der Waals surface area contributed by atoms with Gasteiger partial charge >= 0.3 is 0 Å². The van der Waals surface area contributed by atoms with Crippen molar-refractivity contribution in [3.05, 3.63) is 77.6 Å². The molecule has 1 fully saturated rings. The van der Waals surface area contributed by atoms with Crippen LogP contribution in [0.3, 0.4) is 0 Å². The molecule has 0 bridgehead atoms. The SMILES string of the molecule is O=C(NC1CCCC1)c1ccccc1Nc1nc(-c2cccnc2)nc2ccc(Cl)cc12. The first-order valence-electron chi connectivity index (χ1n) is 10.7. The highest BCUT2D eigenvalue weighted by atomic mass is 35.5. The second-order valence-electron chi connectivity index (χ2n) is 7.92. The van der Waals surface area contributed by atoms with Crippen LogP contribution in [0.15, 0.2) is 67.0 Å². The van der Waals surface area contributed by atoms with E-state index < -0.39 is 0 Å². The fourth-order valence-electron chi connectivity index (χ4n) is 4.07. The van der Waals surface area contributed by atoms with Gasteiger partial charge < -0.3 is 10.6 Å². The molecule has 0 aliphatic heterocycles. The van der Waals surface area contributed by atoms with Gasteiger partial charge in [-0.05, 0) is 55.3 Å². The van der Waals surface area contributed by atoms with E-state index in [0.717, 1.165) is 42.1 Å². The largest absolute Gasteiger partial charge is 0.349 e. The molecule has 0 spiro atoms. The van der Waals surface area contributed by atoms with E-state index in [1.165, 1.54) is 0 Å². The third kappa shape index (κ3) is 4.27. The summed E-state index contributed by atoms with van der Waals surface area (Å²) in [6, 6.07) is 17.0. The minimum atomic E-state index is -0.0797. The zero-order chi connectivity index (χ0) is 21.9. The van der Waals surface area contributed by atoms with Crippen molar-refractivity contribution in [1.29, 1.82) is 0 Å². The van der Waals surface area contributed by atoms with Crippen LogP contribution in [0, 0.1) is 0 Å². The number of amides is 1. The molecule has 1 aliphatic carbocycles. The van der Waals surface area contributed by atoms with Crippen LogP contribution in [0.4, 0.5) is 11.5 Å². The molecule has 1 amide bonds. The third-order valence-corrected chi connectivity index (χ3v) is 5.93. The predicted molar refractivity (Wildman–Crippen MR) is 127 cm³/mol. The van der Waals surface area contributed by atoms with E-state index in [0.29, 0.717) is 27.9 Å². The number of hydrogen-bond acceptors (Lipinski definition) is 5. The van der Waals surface area contributed by atoms with Gasteiger partial charge in [0.1, 0.15) is 5.82 Å². The van der Waals surface area contributed by atoms with E-state index >= 15 is 0 Å². The molecule has 0 saturated heterocycles. The normalized spacial score (nSPS) is 13.9. The number of hydrogen-bond donors (Lipinski definition) is 2. The van der Waals surface area contributed by atoms with E-state index in [-0.39, 0.29) is 11.9 Å². The van der Waals surface area contributed by atoms with Gasteiger partial charge in [-0.1, -0.05) is 36.6 Å². The summed E-state index contributed by atoms with van der Waals surface area (Å²) < 4.78 is 0. The molecule has 1 aliphatic rings. The van der Waals surface area contributed by atoms with Crippen molar-refractivity contribution in [1.82, 2.24) is 20.3 Å². The van der Waals surface area contributed by atoms with Crippen molar-refractivity contribution in [3.8, 4) is 11.4 Å². The molecule has 6 nitrogen and oxygen atoms in total. The molecule has 0 unspecified atom stereocenters. The molecule has 4 aromatic rings. The number of halogens is 1. The van der Waals surface area contributed by atoms with Crippen molar-refractivity contribution in [2.45, 2.75) is 31.7 Å². The molecule has 0 atom stereocenters. The molecule has 2 N–H and O–H groups in total. The lowest BCUT2D eigenvalue weighted by atomic mass is 10.1. The van der Waals surface area contributed by atoms with Crippen LogP contribution in [0.1, 0.15) is 36.0 Å². The highest BCUT2D eigenvalue weighted by molar-refractivity contribution is 6.31. The monoisotopic (exact) mass is 443 g/mol. The Kier molecular flexibility index (Phi) is 5.69. The van der Waals surface area contributed by atoms with Crippen LogP contribution in [0.2, 0.25) is 5.02 Å². The van der Waals surface area contributed by atoms with Crippen molar-refractivity contribution < 1.29 is 4.79 Å². The molecular formula is C25H22ClN5O. The van der Waals surface area contributed by atoms with Crippen LogP contribution < -0.4 is 10.6 Å². The summed E-state index contributed by atoms with van der Waals surface area (Å²) in [6.07, 6.45) is 7.83. The lowest BCUT2D eigenvalue weighted by molar-refractivity contribution is 0.0938. The zero-order valence-electron chi connectivity index (χ0n) is 17.4. The summed E-state index contributed by atoms with van der Waals surface area (Å²) >= 11 is 6.27. The molecule has 32 heavy (non-hydrogen) atoms. The zero-order valence-corrected chi connectivity index (χ0v) is 18.1. The van der Waals surface area contributed by atoms with Gasteiger partial charge in [0.05, 0.1) is 16.8 Å². The first kappa shape index (κ1) is 20.4. The van der Waals surface area contributed by atoms with Gasteiger partial charge in [-0.15, -0.1) is 0 Å².